The van der Waals surface area contributed by atoms with Crippen molar-refractivity contribution in [3.8, 4) is 11.7 Å². The molecular weight excluding hydrogens is 326 g/mol. The lowest BCUT2D eigenvalue weighted by molar-refractivity contribution is -0.0181. The Morgan fingerprint density at radius 2 is 2.29 bits per heavy atom. The SMILES string of the molecule is CC(C)OPC(C)(C)CC1OC([B]C#CCN)CC1OCN=[N+]=[N-]. The molecule has 24 heavy (non-hydrogen) atoms. The van der Waals surface area contributed by atoms with Gasteiger partial charge in [0.2, 0.25) is 0 Å². The van der Waals surface area contributed by atoms with E-state index in [0.717, 1.165) is 6.42 Å². The van der Waals surface area contributed by atoms with Crippen molar-refractivity contribution in [2.45, 2.75) is 70.0 Å². The molecule has 0 saturated carbocycles. The summed E-state index contributed by atoms with van der Waals surface area (Å²) >= 11 is 0. The van der Waals surface area contributed by atoms with Crippen LogP contribution in [0, 0.1) is 11.7 Å². The van der Waals surface area contributed by atoms with Gasteiger partial charge in [-0.25, -0.2) is 0 Å². The first kappa shape index (κ1) is 21.2. The van der Waals surface area contributed by atoms with E-state index in [-0.39, 0.29) is 36.2 Å². The summed E-state index contributed by atoms with van der Waals surface area (Å²) in [5.74, 6) is 5.71. The van der Waals surface area contributed by atoms with E-state index >= 15 is 0 Å². The van der Waals surface area contributed by atoms with Crippen LogP contribution >= 0.6 is 8.81 Å². The standard InChI is InChI=1S/C15H27BN4O3P/c1-11(2)23-24-15(3,4)9-13-12(21-10-19-20-18)8-14(22-13)16-6-5-7-17/h11-14,24H,7-10,17H2,1-4H3. The molecule has 0 aromatic carbocycles. The van der Waals surface area contributed by atoms with Gasteiger partial charge in [-0.3, -0.25) is 0 Å². The van der Waals surface area contributed by atoms with E-state index in [2.05, 4.69) is 35.6 Å². The first-order valence-corrected chi connectivity index (χ1v) is 9.01. The van der Waals surface area contributed by atoms with Crippen molar-refractivity contribution in [3.63, 3.8) is 0 Å². The van der Waals surface area contributed by atoms with Crippen molar-refractivity contribution in [1.82, 2.24) is 0 Å². The summed E-state index contributed by atoms with van der Waals surface area (Å²) < 4.78 is 17.5. The molecule has 9 heteroatoms. The number of azide groups is 1. The summed E-state index contributed by atoms with van der Waals surface area (Å²) in [4.78, 5) is 2.72. The van der Waals surface area contributed by atoms with Crippen LogP contribution in [0.25, 0.3) is 10.4 Å². The van der Waals surface area contributed by atoms with Gasteiger partial charge in [-0.15, -0.1) is 5.92 Å². The number of ether oxygens (including phenoxy) is 2. The monoisotopic (exact) mass is 353 g/mol. The molecule has 7 nitrogen and oxygen atoms in total. The highest BCUT2D eigenvalue weighted by molar-refractivity contribution is 7.34. The maximum atomic E-state index is 8.41. The zero-order valence-electron chi connectivity index (χ0n) is 14.9. The first-order chi connectivity index (χ1) is 11.4. The molecule has 0 spiro atoms. The zero-order chi connectivity index (χ0) is 18.0. The van der Waals surface area contributed by atoms with Gasteiger partial charge >= 0.3 is 0 Å². The molecule has 0 aliphatic carbocycles. The third-order valence-corrected chi connectivity index (χ3v) is 4.74. The van der Waals surface area contributed by atoms with Gasteiger partial charge in [0.1, 0.15) is 6.73 Å². The number of hydrogen-bond acceptors (Lipinski definition) is 5. The average molecular weight is 353 g/mol. The minimum absolute atomic E-state index is 0.00737. The molecule has 1 rings (SSSR count). The Hall–Kier alpha value is -0.795. The molecular formula is C15H27BN4O3P. The van der Waals surface area contributed by atoms with Gasteiger partial charge in [0.05, 0.1) is 24.9 Å². The molecule has 1 radical (unpaired) electrons. The van der Waals surface area contributed by atoms with Crippen molar-refractivity contribution >= 4 is 16.1 Å². The number of nitrogens with zero attached hydrogens (tertiary/aromatic N) is 3. The lowest BCUT2D eigenvalue weighted by Crippen LogP contribution is -2.31. The first-order valence-electron chi connectivity index (χ1n) is 8.10. The van der Waals surface area contributed by atoms with Gasteiger partial charge in [-0.05, 0) is 32.2 Å². The molecule has 1 fully saturated rings. The molecule has 1 aliphatic rings. The highest BCUT2D eigenvalue weighted by Crippen LogP contribution is 2.40. The fourth-order valence-corrected chi connectivity index (χ4v) is 3.24. The minimum atomic E-state index is -0.125. The van der Waals surface area contributed by atoms with Crippen molar-refractivity contribution < 1.29 is 14.0 Å². The summed E-state index contributed by atoms with van der Waals surface area (Å²) in [6.07, 6.45) is 1.48. The van der Waals surface area contributed by atoms with E-state index in [1.54, 1.807) is 0 Å². The predicted molar refractivity (Wildman–Crippen MR) is 98.0 cm³/mol. The quantitative estimate of drug-likeness (QED) is 0.172. The van der Waals surface area contributed by atoms with Crippen molar-refractivity contribution in [3.05, 3.63) is 10.4 Å². The number of hydrogen-bond donors (Lipinski definition) is 1. The lowest BCUT2D eigenvalue weighted by Gasteiger charge is -2.30. The van der Waals surface area contributed by atoms with Crippen molar-refractivity contribution in [2.75, 3.05) is 13.3 Å². The average Bonchev–Trinajstić information content (AvgIpc) is 2.87. The Morgan fingerprint density at radius 1 is 1.54 bits per heavy atom. The fraction of sp³-hybridized carbons (Fsp3) is 0.867. The van der Waals surface area contributed by atoms with Crippen LogP contribution in [0.15, 0.2) is 5.11 Å². The lowest BCUT2D eigenvalue weighted by atomic mass is 9.71. The Kier molecular flexibility index (Phi) is 9.69. The highest BCUT2D eigenvalue weighted by Gasteiger charge is 2.39. The van der Waals surface area contributed by atoms with Crippen molar-refractivity contribution in [1.29, 1.82) is 0 Å². The van der Waals surface area contributed by atoms with E-state index in [1.807, 2.05) is 21.1 Å². The summed E-state index contributed by atoms with van der Waals surface area (Å²) in [7, 11) is 2.20. The van der Waals surface area contributed by atoms with Crippen LogP contribution < -0.4 is 5.73 Å². The normalized spacial score (nSPS) is 24.0. The molecule has 1 saturated heterocycles. The van der Waals surface area contributed by atoms with Gasteiger partial charge < -0.3 is 19.7 Å². The third kappa shape index (κ3) is 8.35. The summed E-state index contributed by atoms with van der Waals surface area (Å²) in [5, 5.41) is 3.43. The number of rotatable bonds is 9. The van der Waals surface area contributed by atoms with Gasteiger partial charge in [-0.1, -0.05) is 19.0 Å². The molecule has 0 bridgehead atoms. The van der Waals surface area contributed by atoms with E-state index in [0.29, 0.717) is 21.8 Å². The zero-order valence-corrected chi connectivity index (χ0v) is 15.9. The largest absolute Gasteiger partial charge is 0.380 e. The second-order valence-corrected chi connectivity index (χ2v) is 8.36. The summed E-state index contributed by atoms with van der Waals surface area (Å²) in [6, 6.07) is -0.102. The van der Waals surface area contributed by atoms with E-state index in [9.17, 15) is 0 Å². The smallest absolute Gasteiger partial charge is 0.251 e. The Morgan fingerprint density at radius 3 is 2.92 bits per heavy atom. The molecule has 0 amide bonds. The van der Waals surface area contributed by atoms with Gasteiger partial charge in [0, 0.05) is 24.9 Å². The third-order valence-electron chi connectivity index (χ3n) is 3.39. The molecule has 1 heterocycles. The summed E-state index contributed by atoms with van der Waals surface area (Å²) in [6.45, 7) is 8.71. The van der Waals surface area contributed by atoms with Gasteiger partial charge in [0.15, 0.2) is 0 Å². The Labute approximate surface area is 147 Å². The molecule has 1 aliphatic heterocycles. The molecule has 2 N–H and O–H groups in total. The molecule has 4 unspecified atom stereocenters. The Bertz CT molecular complexity index is 489. The van der Waals surface area contributed by atoms with Crippen LogP contribution in [0.2, 0.25) is 0 Å². The maximum Gasteiger partial charge on any atom is 0.251 e. The van der Waals surface area contributed by atoms with Gasteiger partial charge in [0.25, 0.3) is 7.28 Å². The highest BCUT2D eigenvalue weighted by atomic mass is 31.1. The predicted octanol–water partition coefficient (Wildman–Crippen LogP) is 2.57. The second kappa shape index (κ2) is 10.9. The number of nitrogens with two attached hydrogens (primary N) is 1. The summed E-state index contributed by atoms with van der Waals surface area (Å²) in [5.41, 5.74) is 13.8. The molecule has 0 aromatic rings. The maximum absolute atomic E-state index is 8.41. The van der Waals surface area contributed by atoms with Crippen LogP contribution in [-0.2, 0) is 14.0 Å². The van der Waals surface area contributed by atoms with Crippen LogP contribution in [0.5, 0.6) is 0 Å². The van der Waals surface area contributed by atoms with Crippen LogP contribution in [-0.4, -0.2) is 50.0 Å². The molecule has 133 valence electrons. The van der Waals surface area contributed by atoms with Crippen LogP contribution in [0.3, 0.4) is 0 Å². The Balaban J connectivity index is 2.65. The fourth-order valence-electron chi connectivity index (χ4n) is 2.40. The molecule has 0 aromatic heterocycles. The van der Waals surface area contributed by atoms with Crippen LogP contribution in [0.1, 0.15) is 40.5 Å². The van der Waals surface area contributed by atoms with E-state index < -0.39 is 0 Å². The molecule has 4 atom stereocenters. The topological polar surface area (TPSA) is 102 Å². The van der Waals surface area contributed by atoms with Crippen molar-refractivity contribution in [2.24, 2.45) is 10.8 Å². The van der Waals surface area contributed by atoms with Crippen LogP contribution in [0.4, 0.5) is 0 Å². The van der Waals surface area contributed by atoms with Gasteiger partial charge in [-0.2, -0.15) is 5.82 Å². The second-order valence-electron chi connectivity index (χ2n) is 6.56. The van der Waals surface area contributed by atoms with E-state index in [1.165, 1.54) is 0 Å². The van der Waals surface area contributed by atoms with E-state index in [4.69, 9.17) is 25.3 Å². The minimum Gasteiger partial charge on any atom is -0.380 e.